The Hall–Kier alpha value is -1.04. The quantitative estimate of drug-likeness (QED) is 0.555. The molecule has 0 heterocycles. The Bertz CT molecular complexity index is 213. The van der Waals surface area contributed by atoms with Crippen molar-refractivity contribution in [3.8, 4) is 0 Å². The molecule has 0 bridgehead atoms. The van der Waals surface area contributed by atoms with Gasteiger partial charge >= 0.3 is 12.1 Å². The van der Waals surface area contributed by atoms with Gasteiger partial charge in [-0.2, -0.15) is 13.2 Å². The fourth-order valence-electron chi connectivity index (χ4n) is 0.859. The third kappa shape index (κ3) is 9.27. The predicted octanol–water partition coefficient (Wildman–Crippen LogP) is 1.81. The van der Waals surface area contributed by atoms with Gasteiger partial charge in [0.1, 0.15) is 6.61 Å². The summed E-state index contributed by atoms with van der Waals surface area (Å²) in [5.74, 6) is -0.704. The second kappa shape index (κ2) is 6.44. The van der Waals surface area contributed by atoms with Gasteiger partial charge in [0.2, 0.25) is 0 Å². The molecule has 0 saturated carbocycles. The van der Waals surface area contributed by atoms with Gasteiger partial charge in [-0.25, -0.2) is 4.79 Å². The van der Waals surface area contributed by atoms with Crippen molar-refractivity contribution in [1.82, 2.24) is 0 Å². The molecule has 6 heteroatoms. The van der Waals surface area contributed by atoms with Gasteiger partial charge in [-0.15, -0.1) is 0 Å². The standard InChI is InChI=1S/C9H13F3O3/c1-2-8(14)15-6-7(13)4-3-5-9(10,11)12/h2,7,13H,1,3-6H2. The predicted molar refractivity (Wildman–Crippen MR) is 47.1 cm³/mol. The summed E-state index contributed by atoms with van der Waals surface area (Å²) in [6, 6.07) is 0. The first-order valence-electron chi connectivity index (χ1n) is 4.39. The zero-order valence-corrected chi connectivity index (χ0v) is 8.09. The van der Waals surface area contributed by atoms with Gasteiger partial charge in [0.05, 0.1) is 6.10 Å². The van der Waals surface area contributed by atoms with Crippen molar-refractivity contribution in [3.05, 3.63) is 12.7 Å². The Morgan fingerprint density at radius 2 is 2.13 bits per heavy atom. The van der Waals surface area contributed by atoms with Crippen LogP contribution in [0.2, 0.25) is 0 Å². The Balaban J connectivity index is 3.53. The summed E-state index contributed by atoms with van der Waals surface area (Å²) >= 11 is 0. The van der Waals surface area contributed by atoms with E-state index in [2.05, 4.69) is 11.3 Å². The van der Waals surface area contributed by atoms with Gasteiger partial charge in [0.25, 0.3) is 0 Å². The van der Waals surface area contributed by atoms with Crippen molar-refractivity contribution >= 4 is 5.97 Å². The molecule has 1 atom stereocenters. The highest BCUT2D eigenvalue weighted by molar-refractivity contribution is 5.81. The number of carbonyl (C=O) groups excluding carboxylic acids is 1. The first-order chi connectivity index (χ1) is 6.85. The average molecular weight is 226 g/mol. The Morgan fingerprint density at radius 1 is 1.53 bits per heavy atom. The molecule has 15 heavy (non-hydrogen) atoms. The summed E-state index contributed by atoms with van der Waals surface area (Å²) < 4.78 is 39.5. The maximum atomic E-state index is 11.7. The van der Waals surface area contributed by atoms with E-state index in [0.717, 1.165) is 6.08 Å². The van der Waals surface area contributed by atoms with Crippen molar-refractivity contribution in [1.29, 1.82) is 0 Å². The minimum atomic E-state index is -4.21. The van der Waals surface area contributed by atoms with Crippen molar-refractivity contribution in [2.45, 2.75) is 31.5 Å². The van der Waals surface area contributed by atoms with Crippen LogP contribution in [0.3, 0.4) is 0 Å². The summed E-state index contributed by atoms with van der Waals surface area (Å²) in [4.78, 5) is 10.5. The molecule has 0 aromatic rings. The van der Waals surface area contributed by atoms with E-state index in [0.29, 0.717) is 0 Å². The zero-order chi connectivity index (χ0) is 11.9. The molecule has 88 valence electrons. The Morgan fingerprint density at radius 3 is 2.60 bits per heavy atom. The first kappa shape index (κ1) is 14.0. The van der Waals surface area contributed by atoms with Crippen LogP contribution in [0, 0.1) is 0 Å². The lowest BCUT2D eigenvalue weighted by Gasteiger charge is -2.11. The summed E-state index contributed by atoms with van der Waals surface area (Å²) in [5, 5.41) is 9.11. The molecule has 0 amide bonds. The number of halogens is 3. The molecule has 0 spiro atoms. The normalized spacial score (nSPS) is 13.3. The zero-order valence-electron chi connectivity index (χ0n) is 8.09. The van der Waals surface area contributed by atoms with Gasteiger partial charge < -0.3 is 9.84 Å². The highest BCUT2D eigenvalue weighted by Crippen LogP contribution is 2.22. The average Bonchev–Trinajstić information content (AvgIpc) is 2.12. The number of alkyl halides is 3. The number of hydrogen-bond acceptors (Lipinski definition) is 3. The molecule has 0 aromatic carbocycles. The lowest BCUT2D eigenvalue weighted by molar-refractivity contribution is -0.143. The van der Waals surface area contributed by atoms with E-state index in [1.54, 1.807) is 0 Å². The van der Waals surface area contributed by atoms with Crippen molar-refractivity contribution < 1.29 is 27.8 Å². The number of rotatable bonds is 6. The molecule has 0 radical (unpaired) electrons. The summed E-state index contributed by atoms with van der Waals surface area (Å²) in [5.41, 5.74) is 0. The van der Waals surface area contributed by atoms with Crippen molar-refractivity contribution in [2.24, 2.45) is 0 Å². The maximum absolute atomic E-state index is 11.7. The number of aliphatic hydroxyl groups is 1. The lowest BCUT2D eigenvalue weighted by Crippen LogP contribution is -2.18. The smallest absolute Gasteiger partial charge is 0.389 e. The number of ether oxygens (including phenoxy) is 1. The molecular formula is C9H13F3O3. The molecule has 0 fully saturated rings. The summed E-state index contributed by atoms with van der Waals surface area (Å²) in [7, 11) is 0. The van der Waals surface area contributed by atoms with Gasteiger partial charge in [-0.3, -0.25) is 0 Å². The van der Waals surface area contributed by atoms with Gasteiger partial charge in [0.15, 0.2) is 0 Å². The van der Waals surface area contributed by atoms with Gasteiger partial charge in [-0.1, -0.05) is 6.58 Å². The highest BCUT2D eigenvalue weighted by Gasteiger charge is 2.26. The first-order valence-corrected chi connectivity index (χ1v) is 4.39. The van der Waals surface area contributed by atoms with Crippen molar-refractivity contribution in [3.63, 3.8) is 0 Å². The number of hydrogen-bond donors (Lipinski definition) is 1. The van der Waals surface area contributed by atoms with Gasteiger partial charge in [0, 0.05) is 12.5 Å². The van der Waals surface area contributed by atoms with E-state index in [4.69, 9.17) is 5.11 Å². The van der Waals surface area contributed by atoms with Crippen LogP contribution in [0.5, 0.6) is 0 Å². The molecule has 1 unspecified atom stereocenters. The molecule has 0 rings (SSSR count). The van der Waals surface area contributed by atoms with Crippen molar-refractivity contribution in [2.75, 3.05) is 6.61 Å². The number of carbonyl (C=O) groups is 1. The fourth-order valence-corrected chi connectivity index (χ4v) is 0.859. The molecule has 1 N–H and O–H groups in total. The largest absolute Gasteiger partial charge is 0.460 e. The second-order valence-electron chi connectivity index (χ2n) is 3.00. The number of esters is 1. The van der Waals surface area contributed by atoms with Crippen LogP contribution >= 0.6 is 0 Å². The van der Waals surface area contributed by atoms with Crippen LogP contribution in [-0.4, -0.2) is 30.0 Å². The summed E-state index contributed by atoms with van der Waals surface area (Å²) in [6.45, 7) is 2.83. The molecule has 3 nitrogen and oxygen atoms in total. The maximum Gasteiger partial charge on any atom is 0.389 e. The molecule has 0 aliphatic heterocycles. The van der Waals surface area contributed by atoms with Crippen LogP contribution in [-0.2, 0) is 9.53 Å². The Kier molecular flexibility index (Phi) is 6.00. The van der Waals surface area contributed by atoms with E-state index in [1.807, 2.05) is 0 Å². The van der Waals surface area contributed by atoms with Crippen LogP contribution < -0.4 is 0 Å². The van der Waals surface area contributed by atoms with Crippen LogP contribution in [0.1, 0.15) is 19.3 Å². The minimum absolute atomic E-state index is 0.0517. The highest BCUT2D eigenvalue weighted by atomic mass is 19.4. The monoisotopic (exact) mass is 226 g/mol. The van der Waals surface area contributed by atoms with Crippen LogP contribution in [0.4, 0.5) is 13.2 Å². The van der Waals surface area contributed by atoms with Gasteiger partial charge in [-0.05, 0) is 12.8 Å². The fraction of sp³-hybridized carbons (Fsp3) is 0.667. The SMILES string of the molecule is C=CC(=O)OCC(O)CCCC(F)(F)F. The van der Waals surface area contributed by atoms with E-state index < -0.39 is 24.7 Å². The van der Waals surface area contributed by atoms with E-state index in [9.17, 15) is 18.0 Å². The molecule has 0 aromatic heterocycles. The lowest BCUT2D eigenvalue weighted by atomic mass is 10.1. The minimum Gasteiger partial charge on any atom is -0.460 e. The van der Waals surface area contributed by atoms with E-state index >= 15 is 0 Å². The molecular weight excluding hydrogens is 213 g/mol. The van der Waals surface area contributed by atoms with Crippen LogP contribution in [0.25, 0.3) is 0 Å². The molecule has 0 aliphatic carbocycles. The summed E-state index contributed by atoms with van der Waals surface area (Å²) in [6.07, 6.45) is -5.53. The molecule has 0 saturated heterocycles. The molecule has 0 aliphatic rings. The Labute approximate surface area is 85.5 Å². The van der Waals surface area contributed by atoms with E-state index in [-0.39, 0.29) is 19.4 Å². The third-order valence-corrected chi connectivity index (χ3v) is 1.58. The number of aliphatic hydroxyl groups excluding tert-OH is 1. The second-order valence-corrected chi connectivity index (χ2v) is 3.00. The van der Waals surface area contributed by atoms with E-state index in [1.165, 1.54) is 0 Å². The van der Waals surface area contributed by atoms with Crippen LogP contribution in [0.15, 0.2) is 12.7 Å². The third-order valence-electron chi connectivity index (χ3n) is 1.58. The topological polar surface area (TPSA) is 46.5 Å².